The fourth-order valence-electron chi connectivity index (χ4n) is 3.20. The molecule has 0 aliphatic heterocycles. The minimum absolute atomic E-state index is 0.0542. The van der Waals surface area contributed by atoms with Crippen LogP contribution in [-0.4, -0.2) is 29.9 Å². The predicted octanol–water partition coefficient (Wildman–Crippen LogP) is 4.08. The summed E-state index contributed by atoms with van der Waals surface area (Å²) in [5.41, 5.74) is 8.44. The van der Waals surface area contributed by atoms with E-state index in [4.69, 9.17) is 10.5 Å². The summed E-state index contributed by atoms with van der Waals surface area (Å²) < 4.78 is 5.49. The second-order valence-corrected chi connectivity index (χ2v) is 7.07. The SMILES string of the molecule is CCOc1ccc2[nH]c(C(=O)NCCCCCC(=O)Nc3ccccc3N)cc2c1. The number of fused-ring (bicyclic) bond motifs is 1. The van der Waals surface area contributed by atoms with Crippen molar-refractivity contribution < 1.29 is 14.3 Å². The van der Waals surface area contributed by atoms with E-state index in [-0.39, 0.29) is 11.8 Å². The molecule has 2 amide bonds. The molecule has 0 spiro atoms. The van der Waals surface area contributed by atoms with Gasteiger partial charge in [-0.25, -0.2) is 0 Å². The topological polar surface area (TPSA) is 109 Å². The number of nitrogens with one attached hydrogen (secondary N) is 3. The van der Waals surface area contributed by atoms with Crippen LogP contribution in [0.5, 0.6) is 5.75 Å². The normalized spacial score (nSPS) is 10.7. The smallest absolute Gasteiger partial charge is 0.267 e. The quantitative estimate of drug-likeness (QED) is 0.299. The highest BCUT2D eigenvalue weighted by atomic mass is 16.5. The molecular formula is C23H28N4O3. The zero-order valence-electron chi connectivity index (χ0n) is 17.2. The Morgan fingerprint density at radius 3 is 2.70 bits per heavy atom. The maximum Gasteiger partial charge on any atom is 0.267 e. The predicted molar refractivity (Wildman–Crippen MR) is 120 cm³/mol. The summed E-state index contributed by atoms with van der Waals surface area (Å²) in [6.07, 6.45) is 2.83. The van der Waals surface area contributed by atoms with Crippen LogP contribution in [0.3, 0.4) is 0 Å². The zero-order chi connectivity index (χ0) is 21.3. The van der Waals surface area contributed by atoms with E-state index in [0.717, 1.165) is 35.9 Å². The van der Waals surface area contributed by atoms with Crippen molar-refractivity contribution >= 4 is 34.1 Å². The first-order chi connectivity index (χ1) is 14.6. The summed E-state index contributed by atoms with van der Waals surface area (Å²) >= 11 is 0. The molecule has 2 aromatic carbocycles. The Hall–Kier alpha value is -3.48. The Morgan fingerprint density at radius 2 is 1.90 bits per heavy atom. The first-order valence-corrected chi connectivity index (χ1v) is 10.2. The zero-order valence-corrected chi connectivity index (χ0v) is 17.2. The van der Waals surface area contributed by atoms with Crippen molar-refractivity contribution in [1.29, 1.82) is 0 Å². The fourth-order valence-corrected chi connectivity index (χ4v) is 3.20. The van der Waals surface area contributed by atoms with Crippen LogP contribution in [0.15, 0.2) is 48.5 Å². The lowest BCUT2D eigenvalue weighted by Crippen LogP contribution is -2.24. The van der Waals surface area contributed by atoms with E-state index in [0.29, 0.717) is 36.6 Å². The van der Waals surface area contributed by atoms with Gasteiger partial charge in [0.2, 0.25) is 5.91 Å². The Morgan fingerprint density at radius 1 is 1.07 bits per heavy atom. The van der Waals surface area contributed by atoms with Gasteiger partial charge in [-0.05, 0) is 56.2 Å². The number of ether oxygens (including phenoxy) is 1. The highest BCUT2D eigenvalue weighted by Crippen LogP contribution is 2.22. The lowest BCUT2D eigenvalue weighted by atomic mass is 10.1. The van der Waals surface area contributed by atoms with Crippen LogP contribution < -0.4 is 21.1 Å². The van der Waals surface area contributed by atoms with Gasteiger partial charge in [0.05, 0.1) is 18.0 Å². The Labute approximate surface area is 176 Å². The lowest BCUT2D eigenvalue weighted by Gasteiger charge is -2.08. The molecule has 158 valence electrons. The second-order valence-electron chi connectivity index (χ2n) is 7.07. The molecule has 0 aliphatic carbocycles. The fraction of sp³-hybridized carbons (Fsp3) is 0.304. The second kappa shape index (κ2) is 10.3. The van der Waals surface area contributed by atoms with E-state index in [1.165, 1.54) is 0 Å². The molecule has 1 heterocycles. The molecule has 0 bridgehead atoms. The van der Waals surface area contributed by atoms with Gasteiger partial charge in [0.25, 0.3) is 5.91 Å². The molecule has 0 saturated heterocycles. The van der Waals surface area contributed by atoms with Crippen molar-refractivity contribution in [2.75, 3.05) is 24.2 Å². The van der Waals surface area contributed by atoms with Crippen molar-refractivity contribution in [3.63, 3.8) is 0 Å². The van der Waals surface area contributed by atoms with E-state index in [1.807, 2.05) is 43.3 Å². The number of aromatic amines is 1. The number of benzene rings is 2. The molecule has 3 aromatic rings. The third-order valence-corrected chi connectivity index (χ3v) is 4.75. The maximum atomic E-state index is 12.4. The number of rotatable bonds is 10. The minimum atomic E-state index is -0.138. The molecule has 0 radical (unpaired) electrons. The summed E-state index contributed by atoms with van der Waals surface area (Å²) in [6.45, 7) is 3.10. The number of hydrogen-bond acceptors (Lipinski definition) is 4. The number of aromatic nitrogens is 1. The summed E-state index contributed by atoms with van der Waals surface area (Å²) in [5, 5.41) is 6.68. The van der Waals surface area contributed by atoms with Gasteiger partial charge in [-0.15, -0.1) is 0 Å². The Balaban J connectivity index is 1.36. The first kappa shape index (κ1) is 21.2. The molecule has 5 N–H and O–H groups in total. The number of hydrogen-bond donors (Lipinski definition) is 4. The molecule has 1 aromatic heterocycles. The van der Waals surface area contributed by atoms with Crippen LogP contribution in [0.25, 0.3) is 10.9 Å². The molecule has 3 rings (SSSR count). The van der Waals surface area contributed by atoms with Crippen molar-refractivity contribution in [1.82, 2.24) is 10.3 Å². The number of para-hydroxylation sites is 2. The number of carbonyl (C=O) groups excluding carboxylic acids is 2. The molecule has 7 nitrogen and oxygen atoms in total. The maximum absolute atomic E-state index is 12.4. The number of nitrogens with two attached hydrogens (primary N) is 1. The average Bonchev–Trinajstić information content (AvgIpc) is 3.16. The van der Waals surface area contributed by atoms with Gasteiger partial charge in [-0.2, -0.15) is 0 Å². The standard InChI is InChI=1S/C23H28N4O3/c1-2-30-17-11-12-19-16(14-17)15-21(26-19)23(29)25-13-7-3-4-10-22(28)27-20-9-6-5-8-18(20)24/h5-6,8-9,11-12,14-15,26H,2-4,7,10,13,24H2,1H3,(H,25,29)(H,27,28). The van der Waals surface area contributed by atoms with Gasteiger partial charge >= 0.3 is 0 Å². The lowest BCUT2D eigenvalue weighted by molar-refractivity contribution is -0.116. The van der Waals surface area contributed by atoms with Crippen molar-refractivity contribution in [2.45, 2.75) is 32.6 Å². The van der Waals surface area contributed by atoms with E-state index in [2.05, 4.69) is 15.6 Å². The minimum Gasteiger partial charge on any atom is -0.494 e. The van der Waals surface area contributed by atoms with Crippen LogP contribution in [-0.2, 0) is 4.79 Å². The van der Waals surface area contributed by atoms with Gasteiger partial charge in [-0.3, -0.25) is 9.59 Å². The molecular weight excluding hydrogens is 380 g/mol. The number of carbonyl (C=O) groups is 2. The van der Waals surface area contributed by atoms with E-state index >= 15 is 0 Å². The van der Waals surface area contributed by atoms with Crippen LogP contribution in [0, 0.1) is 0 Å². The molecule has 7 heteroatoms. The van der Waals surface area contributed by atoms with Crippen molar-refractivity contribution in [3.05, 3.63) is 54.2 Å². The summed E-state index contributed by atoms with van der Waals surface area (Å²) in [6, 6.07) is 14.7. The number of nitrogen functional groups attached to an aromatic ring is 1. The van der Waals surface area contributed by atoms with E-state index in [1.54, 1.807) is 12.1 Å². The highest BCUT2D eigenvalue weighted by Gasteiger charge is 2.10. The molecule has 0 aliphatic rings. The molecule has 30 heavy (non-hydrogen) atoms. The Bertz CT molecular complexity index is 1010. The largest absolute Gasteiger partial charge is 0.494 e. The molecule has 0 atom stereocenters. The van der Waals surface area contributed by atoms with Crippen LogP contribution in [0.2, 0.25) is 0 Å². The average molecular weight is 409 g/mol. The summed E-state index contributed by atoms with van der Waals surface area (Å²) in [5.74, 6) is 0.595. The van der Waals surface area contributed by atoms with Crippen molar-refractivity contribution in [3.8, 4) is 5.75 Å². The monoisotopic (exact) mass is 408 g/mol. The highest BCUT2D eigenvalue weighted by molar-refractivity contribution is 5.98. The van der Waals surface area contributed by atoms with E-state index in [9.17, 15) is 9.59 Å². The number of H-pyrrole nitrogens is 1. The molecule has 0 fully saturated rings. The van der Waals surface area contributed by atoms with Crippen LogP contribution in [0.1, 0.15) is 43.1 Å². The molecule has 0 unspecified atom stereocenters. The summed E-state index contributed by atoms with van der Waals surface area (Å²) in [4.78, 5) is 27.5. The van der Waals surface area contributed by atoms with Crippen LogP contribution >= 0.6 is 0 Å². The van der Waals surface area contributed by atoms with Gasteiger partial charge in [0.15, 0.2) is 0 Å². The third-order valence-electron chi connectivity index (χ3n) is 4.75. The molecule has 0 saturated carbocycles. The van der Waals surface area contributed by atoms with Gasteiger partial charge in [0, 0.05) is 23.9 Å². The van der Waals surface area contributed by atoms with Crippen LogP contribution in [0.4, 0.5) is 11.4 Å². The summed E-state index contributed by atoms with van der Waals surface area (Å²) in [7, 11) is 0. The number of anilines is 2. The van der Waals surface area contributed by atoms with Gasteiger partial charge in [0.1, 0.15) is 11.4 Å². The van der Waals surface area contributed by atoms with Crippen molar-refractivity contribution in [2.24, 2.45) is 0 Å². The first-order valence-electron chi connectivity index (χ1n) is 10.2. The number of amides is 2. The van der Waals surface area contributed by atoms with E-state index < -0.39 is 0 Å². The number of unbranched alkanes of at least 4 members (excludes halogenated alkanes) is 2. The Kier molecular flexibility index (Phi) is 7.32. The van der Waals surface area contributed by atoms with Gasteiger partial charge < -0.3 is 26.1 Å². The van der Waals surface area contributed by atoms with Gasteiger partial charge in [-0.1, -0.05) is 18.6 Å². The third kappa shape index (κ3) is 5.76.